The molecule has 1 aromatic heterocycles. The van der Waals surface area contributed by atoms with Gasteiger partial charge in [0.05, 0.1) is 0 Å². The van der Waals surface area contributed by atoms with Gasteiger partial charge in [-0.05, 0) is 35.8 Å². The van der Waals surface area contributed by atoms with Gasteiger partial charge in [0.1, 0.15) is 0 Å². The molecular formula is C17H28N4OS. The van der Waals surface area contributed by atoms with Crippen LogP contribution >= 0.6 is 11.3 Å². The molecule has 0 saturated carbocycles. The van der Waals surface area contributed by atoms with Gasteiger partial charge in [0.2, 0.25) is 5.91 Å². The summed E-state index contributed by atoms with van der Waals surface area (Å²) in [6.07, 6.45) is 2.60. The van der Waals surface area contributed by atoms with Gasteiger partial charge in [-0.25, -0.2) is 0 Å². The molecule has 0 unspecified atom stereocenters. The summed E-state index contributed by atoms with van der Waals surface area (Å²) in [5.41, 5.74) is 1.31. The van der Waals surface area contributed by atoms with Crippen molar-refractivity contribution in [2.45, 2.75) is 39.7 Å². The van der Waals surface area contributed by atoms with Gasteiger partial charge in [-0.1, -0.05) is 13.8 Å². The molecule has 0 atom stereocenters. The summed E-state index contributed by atoms with van der Waals surface area (Å²) >= 11 is 1.80. The number of rotatable bonds is 6. The Labute approximate surface area is 143 Å². The molecule has 1 amide bonds. The fourth-order valence-corrected chi connectivity index (χ4v) is 3.50. The lowest BCUT2D eigenvalue weighted by Crippen LogP contribution is -2.41. The Morgan fingerprint density at radius 1 is 1.39 bits per heavy atom. The van der Waals surface area contributed by atoms with Gasteiger partial charge in [-0.15, -0.1) is 11.3 Å². The highest BCUT2D eigenvalue weighted by Crippen LogP contribution is 2.24. The number of carbonyl (C=O) groups excluding carboxylic acids is 1. The van der Waals surface area contributed by atoms with Gasteiger partial charge in [0.15, 0.2) is 5.96 Å². The van der Waals surface area contributed by atoms with Crippen LogP contribution in [0.5, 0.6) is 0 Å². The monoisotopic (exact) mass is 336 g/mol. The Hall–Kier alpha value is -1.56. The molecule has 2 rings (SSSR count). The minimum atomic E-state index is 0.215. The molecule has 1 aromatic rings. The molecule has 0 bridgehead atoms. The molecular weight excluding hydrogens is 308 g/mol. The van der Waals surface area contributed by atoms with Crippen molar-refractivity contribution < 1.29 is 4.79 Å². The zero-order chi connectivity index (χ0) is 16.7. The molecule has 0 aliphatic carbocycles. The number of amides is 1. The maximum Gasteiger partial charge on any atom is 0.224 e. The third-order valence-electron chi connectivity index (χ3n) is 4.03. The number of thiophene rings is 1. The van der Waals surface area contributed by atoms with Gasteiger partial charge in [-0.2, -0.15) is 0 Å². The number of fused-ring (bicyclic) bond motifs is 1. The van der Waals surface area contributed by atoms with E-state index in [1.54, 1.807) is 18.4 Å². The maximum atomic E-state index is 12.3. The van der Waals surface area contributed by atoms with Crippen molar-refractivity contribution in [2.24, 2.45) is 10.9 Å². The topological polar surface area (TPSA) is 56.7 Å². The first-order valence-electron chi connectivity index (χ1n) is 8.37. The predicted octanol–water partition coefficient (Wildman–Crippen LogP) is 2.23. The number of nitrogens with one attached hydrogen (secondary N) is 2. The Balaban J connectivity index is 1.68. The Kier molecular flexibility index (Phi) is 6.89. The van der Waals surface area contributed by atoms with Crippen LogP contribution in [0, 0.1) is 5.92 Å². The summed E-state index contributed by atoms with van der Waals surface area (Å²) in [6, 6.07) is 2.14. The zero-order valence-electron chi connectivity index (χ0n) is 14.4. The number of guanidine groups is 1. The number of aliphatic imine (C=N–C) groups is 1. The molecule has 128 valence electrons. The molecule has 0 fully saturated rings. The summed E-state index contributed by atoms with van der Waals surface area (Å²) in [7, 11) is 1.76. The second-order valence-electron chi connectivity index (χ2n) is 6.29. The molecule has 6 heteroatoms. The van der Waals surface area contributed by atoms with Gasteiger partial charge in [0, 0.05) is 44.5 Å². The summed E-state index contributed by atoms with van der Waals surface area (Å²) in [4.78, 5) is 19.9. The number of carbonyl (C=O) groups is 1. The smallest absolute Gasteiger partial charge is 0.224 e. The van der Waals surface area contributed by atoms with Crippen LogP contribution < -0.4 is 10.6 Å². The highest BCUT2D eigenvalue weighted by molar-refractivity contribution is 7.10. The van der Waals surface area contributed by atoms with E-state index >= 15 is 0 Å². The molecule has 1 aliphatic rings. The van der Waals surface area contributed by atoms with E-state index in [9.17, 15) is 4.79 Å². The van der Waals surface area contributed by atoms with E-state index < -0.39 is 0 Å². The Morgan fingerprint density at radius 2 is 2.17 bits per heavy atom. The van der Waals surface area contributed by atoms with Gasteiger partial charge < -0.3 is 15.5 Å². The van der Waals surface area contributed by atoms with E-state index in [-0.39, 0.29) is 5.91 Å². The number of hydrogen-bond donors (Lipinski definition) is 2. The van der Waals surface area contributed by atoms with Crippen molar-refractivity contribution >= 4 is 23.2 Å². The summed E-state index contributed by atoms with van der Waals surface area (Å²) in [6.45, 7) is 7.53. The standard InChI is InChI=1S/C17H28N4OS/c1-13(2)4-8-19-17(18-3)20-9-5-16(22)21-10-6-15-14(12-21)7-11-23-15/h7,11,13H,4-6,8-10,12H2,1-3H3,(H2,18,19,20). The molecule has 1 aliphatic heterocycles. The van der Waals surface area contributed by atoms with Crippen molar-refractivity contribution in [3.05, 3.63) is 21.9 Å². The first-order chi connectivity index (χ1) is 11.1. The SMILES string of the molecule is CN=C(NCCC(=O)N1CCc2sccc2C1)NCCC(C)C. The van der Waals surface area contributed by atoms with E-state index in [4.69, 9.17) is 0 Å². The maximum absolute atomic E-state index is 12.3. The number of hydrogen-bond acceptors (Lipinski definition) is 3. The van der Waals surface area contributed by atoms with Crippen LogP contribution in [0.2, 0.25) is 0 Å². The van der Waals surface area contributed by atoms with Gasteiger partial charge in [0.25, 0.3) is 0 Å². The average Bonchev–Trinajstić information content (AvgIpc) is 3.00. The lowest BCUT2D eigenvalue weighted by atomic mass is 10.1. The highest BCUT2D eigenvalue weighted by Gasteiger charge is 2.20. The predicted molar refractivity (Wildman–Crippen MR) is 96.9 cm³/mol. The van der Waals surface area contributed by atoms with Crippen molar-refractivity contribution in [2.75, 3.05) is 26.7 Å². The van der Waals surface area contributed by atoms with Crippen LogP contribution in [0.15, 0.2) is 16.4 Å². The molecule has 2 heterocycles. The van der Waals surface area contributed by atoms with E-state index in [1.807, 2.05) is 4.90 Å². The van der Waals surface area contributed by atoms with Crippen molar-refractivity contribution in [1.82, 2.24) is 15.5 Å². The molecule has 5 nitrogen and oxygen atoms in total. The highest BCUT2D eigenvalue weighted by atomic mass is 32.1. The van der Waals surface area contributed by atoms with E-state index in [2.05, 4.69) is 40.9 Å². The molecule has 0 radical (unpaired) electrons. The summed E-state index contributed by atoms with van der Waals surface area (Å²) < 4.78 is 0. The summed E-state index contributed by atoms with van der Waals surface area (Å²) in [5, 5.41) is 8.62. The Morgan fingerprint density at radius 3 is 2.91 bits per heavy atom. The van der Waals surface area contributed by atoms with Crippen LogP contribution in [0.3, 0.4) is 0 Å². The van der Waals surface area contributed by atoms with Gasteiger partial charge >= 0.3 is 0 Å². The lowest BCUT2D eigenvalue weighted by molar-refractivity contribution is -0.131. The summed E-state index contributed by atoms with van der Waals surface area (Å²) in [5.74, 6) is 1.66. The van der Waals surface area contributed by atoms with Crippen molar-refractivity contribution in [3.63, 3.8) is 0 Å². The van der Waals surface area contributed by atoms with Crippen LogP contribution in [0.25, 0.3) is 0 Å². The van der Waals surface area contributed by atoms with Gasteiger partial charge in [-0.3, -0.25) is 9.79 Å². The molecule has 23 heavy (non-hydrogen) atoms. The Bertz CT molecular complexity index is 538. The average molecular weight is 337 g/mol. The van der Waals surface area contributed by atoms with Crippen LogP contribution in [-0.2, 0) is 17.8 Å². The van der Waals surface area contributed by atoms with Crippen molar-refractivity contribution in [3.8, 4) is 0 Å². The van der Waals surface area contributed by atoms with Crippen LogP contribution in [-0.4, -0.2) is 43.4 Å². The third-order valence-corrected chi connectivity index (χ3v) is 5.05. The quantitative estimate of drug-likeness (QED) is 0.619. The largest absolute Gasteiger partial charge is 0.356 e. The zero-order valence-corrected chi connectivity index (χ0v) is 15.2. The second kappa shape index (κ2) is 8.91. The third kappa shape index (κ3) is 5.53. The lowest BCUT2D eigenvalue weighted by Gasteiger charge is -2.27. The molecule has 0 spiro atoms. The van der Waals surface area contributed by atoms with E-state index in [1.165, 1.54) is 10.4 Å². The minimum absolute atomic E-state index is 0.215. The minimum Gasteiger partial charge on any atom is -0.356 e. The van der Waals surface area contributed by atoms with E-state index in [0.717, 1.165) is 38.4 Å². The molecule has 2 N–H and O–H groups in total. The fraction of sp³-hybridized carbons (Fsp3) is 0.647. The number of nitrogens with zero attached hydrogens (tertiary/aromatic N) is 2. The first kappa shape index (κ1) is 17.8. The van der Waals surface area contributed by atoms with Crippen LogP contribution in [0.1, 0.15) is 37.1 Å². The molecule has 0 aromatic carbocycles. The normalized spacial score (nSPS) is 14.8. The van der Waals surface area contributed by atoms with E-state index in [0.29, 0.717) is 18.9 Å². The second-order valence-corrected chi connectivity index (χ2v) is 7.29. The van der Waals surface area contributed by atoms with Crippen molar-refractivity contribution in [1.29, 1.82) is 0 Å². The fourth-order valence-electron chi connectivity index (χ4n) is 2.61. The van der Waals surface area contributed by atoms with Crippen LogP contribution in [0.4, 0.5) is 0 Å². The first-order valence-corrected chi connectivity index (χ1v) is 9.25. The molecule has 0 saturated heterocycles.